The molecule has 0 aliphatic rings. The first kappa shape index (κ1) is 8.89. The maximum atomic E-state index is 12.0. The van der Waals surface area contributed by atoms with Crippen LogP contribution in [0.5, 0.6) is 0 Å². The van der Waals surface area contributed by atoms with Gasteiger partial charge in [-0.2, -0.15) is 23.1 Å². The molecule has 0 saturated heterocycles. The molecule has 0 aliphatic heterocycles. The summed E-state index contributed by atoms with van der Waals surface area (Å²) in [6.45, 7) is 0. The molecule has 0 saturated carbocycles. The Morgan fingerprint density at radius 2 is 2.00 bits per heavy atom. The Morgan fingerprint density at radius 3 is 2.25 bits per heavy atom. The van der Waals surface area contributed by atoms with E-state index in [0.29, 0.717) is 0 Å². The number of hydrogen-bond acceptors (Lipinski definition) is 2. The summed E-state index contributed by atoms with van der Waals surface area (Å²) in [5.74, 6) is 0. The molecule has 6 heteroatoms. The molecule has 1 aromatic heterocycles. The SMILES string of the molecule is CN(C)n1cc(C(F)(F)F)cn1. The fraction of sp³-hybridized carbons (Fsp3) is 0.500. The number of rotatable bonds is 1. The summed E-state index contributed by atoms with van der Waals surface area (Å²) < 4.78 is 36.0. The van der Waals surface area contributed by atoms with E-state index in [2.05, 4.69) is 5.10 Å². The Labute approximate surface area is 67.4 Å². The van der Waals surface area contributed by atoms with E-state index in [0.717, 1.165) is 17.2 Å². The average Bonchev–Trinajstić information content (AvgIpc) is 2.30. The van der Waals surface area contributed by atoms with E-state index in [1.165, 1.54) is 5.01 Å². The fourth-order valence-corrected chi connectivity index (χ4v) is 0.678. The molecule has 1 rings (SSSR count). The lowest BCUT2D eigenvalue weighted by atomic mass is 10.4. The molecular weight excluding hydrogens is 171 g/mol. The van der Waals surface area contributed by atoms with Gasteiger partial charge in [0.25, 0.3) is 0 Å². The highest BCUT2D eigenvalue weighted by Crippen LogP contribution is 2.28. The molecule has 0 fully saturated rings. The third-order valence-electron chi connectivity index (χ3n) is 1.31. The second kappa shape index (κ2) is 2.69. The zero-order valence-corrected chi connectivity index (χ0v) is 6.63. The van der Waals surface area contributed by atoms with Crippen LogP contribution in [0.3, 0.4) is 0 Å². The molecule has 0 spiro atoms. The average molecular weight is 179 g/mol. The highest BCUT2D eigenvalue weighted by atomic mass is 19.4. The topological polar surface area (TPSA) is 21.1 Å². The molecule has 0 aromatic carbocycles. The van der Waals surface area contributed by atoms with Crippen molar-refractivity contribution < 1.29 is 13.2 Å². The number of nitrogens with zero attached hydrogens (tertiary/aromatic N) is 3. The fourth-order valence-electron chi connectivity index (χ4n) is 0.678. The molecule has 0 atom stereocenters. The third-order valence-corrected chi connectivity index (χ3v) is 1.31. The van der Waals surface area contributed by atoms with Gasteiger partial charge >= 0.3 is 6.18 Å². The quantitative estimate of drug-likeness (QED) is 0.643. The molecule has 0 aliphatic carbocycles. The predicted octanol–water partition coefficient (Wildman–Crippen LogP) is 1.10. The Hall–Kier alpha value is -1.20. The van der Waals surface area contributed by atoms with Crippen molar-refractivity contribution in [2.45, 2.75) is 6.18 Å². The number of aromatic nitrogens is 2. The molecule has 0 amide bonds. The van der Waals surface area contributed by atoms with Gasteiger partial charge in [-0.15, -0.1) is 0 Å². The lowest BCUT2D eigenvalue weighted by molar-refractivity contribution is -0.137. The van der Waals surface area contributed by atoms with E-state index in [4.69, 9.17) is 0 Å². The van der Waals surface area contributed by atoms with Gasteiger partial charge in [-0.3, -0.25) is 0 Å². The van der Waals surface area contributed by atoms with Crippen molar-refractivity contribution in [3.05, 3.63) is 18.0 Å². The minimum atomic E-state index is -4.31. The first-order valence-corrected chi connectivity index (χ1v) is 3.21. The highest BCUT2D eigenvalue weighted by Gasteiger charge is 2.32. The van der Waals surface area contributed by atoms with Gasteiger partial charge in [-0.05, 0) is 0 Å². The van der Waals surface area contributed by atoms with E-state index >= 15 is 0 Å². The minimum absolute atomic E-state index is 0.740. The molecule has 0 N–H and O–H groups in total. The summed E-state index contributed by atoms with van der Waals surface area (Å²) >= 11 is 0. The van der Waals surface area contributed by atoms with Crippen LogP contribution < -0.4 is 5.01 Å². The van der Waals surface area contributed by atoms with Crippen molar-refractivity contribution in [1.82, 2.24) is 9.89 Å². The van der Waals surface area contributed by atoms with Crippen molar-refractivity contribution in [3.63, 3.8) is 0 Å². The molecule has 12 heavy (non-hydrogen) atoms. The first-order chi connectivity index (χ1) is 5.41. The molecule has 0 unspecified atom stereocenters. The highest BCUT2D eigenvalue weighted by molar-refractivity contribution is 5.09. The second-order valence-electron chi connectivity index (χ2n) is 2.49. The van der Waals surface area contributed by atoms with Crippen LogP contribution in [0.4, 0.5) is 13.2 Å². The van der Waals surface area contributed by atoms with E-state index < -0.39 is 11.7 Å². The van der Waals surface area contributed by atoms with Crippen LogP contribution in [-0.4, -0.2) is 24.0 Å². The summed E-state index contributed by atoms with van der Waals surface area (Å²) in [6, 6.07) is 0. The van der Waals surface area contributed by atoms with Crippen molar-refractivity contribution >= 4 is 0 Å². The normalized spacial score (nSPS) is 11.8. The maximum absolute atomic E-state index is 12.0. The van der Waals surface area contributed by atoms with E-state index in [1.54, 1.807) is 14.1 Å². The van der Waals surface area contributed by atoms with Crippen LogP contribution in [0.2, 0.25) is 0 Å². The lowest BCUT2D eigenvalue weighted by Crippen LogP contribution is -2.25. The molecule has 68 valence electrons. The molecule has 1 aromatic rings. The number of alkyl halides is 3. The van der Waals surface area contributed by atoms with E-state index in [9.17, 15) is 13.2 Å². The Bertz CT molecular complexity index is 263. The standard InChI is InChI=1S/C6H8F3N3/c1-11(2)12-4-5(3-10-12)6(7,8)9/h3-4H,1-2H3. The van der Waals surface area contributed by atoms with Gasteiger partial charge in [-0.1, -0.05) is 0 Å². The monoisotopic (exact) mass is 179 g/mol. The van der Waals surface area contributed by atoms with Crippen LogP contribution in [0.25, 0.3) is 0 Å². The Balaban J connectivity index is 2.92. The van der Waals surface area contributed by atoms with Crippen LogP contribution in [0.1, 0.15) is 5.56 Å². The van der Waals surface area contributed by atoms with Crippen molar-refractivity contribution in [2.75, 3.05) is 19.1 Å². The Kier molecular flexibility index (Phi) is 1.99. The first-order valence-electron chi connectivity index (χ1n) is 3.21. The number of hydrogen-bond donors (Lipinski definition) is 0. The summed E-state index contributed by atoms with van der Waals surface area (Å²) in [6.07, 6.45) is -2.59. The molecule has 3 nitrogen and oxygen atoms in total. The second-order valence-corrected chi connectivity index (χ2v) is 2.49. The van der Waals surface area contributed by atoms with Gasteiger partial charge in [0.05, 0.1) is 18.0 Å². The third kappa shape index (κ3) is 1.69. The summed E-state index contributed by atoms with van der Waals surface area (Å²) in [4.78, 5) is 1.11. The Morgan fingerprint density at radius 1 is 1.42 bits per heavy atom. The van der Waals surface area contributed by atoms with Crippen LogP contribution in [0, 0.1) is 0 Å². The van der Waals surface area contributed by atoms with Crippen LogP contribution >= 0.6 is 0 Å². The summed E-state index contributed by atoms with van der Waals surface area (Å²) in [7, 11) is 3.21. The van der Waals surface area contributed by atoms with Gasteiger partial charge in [-0.25, -0.2) is 0 Å². The van der Waals surface area contributed by atoms with Gasteiger partial charge in [0, 0.05) is 14.1 Å². The van der Waals surface area contributed by atoms with Crippen molar-refractivity contribution in [2.24, 2.45) is 0 Å². The van der Waals surface area contributed by atoms with Crippen LogP contribution in [0.15, 0.2) is 12.4 Å². The van der Waals surface area contributed by atoms with Crippen LogP contribution in [-0.2, 0) is 6.18 Å². The van der Waals surface area contributed by atoms with Gasteiger partial charge in [0.1, 0.15) is 0 Å². The van der Waals surface area contributed by atoms with E-state index in [1.807, 2.05) is 0 Å². The van der Waals surface area contributed by atoms with Gasteiger partial charge in [0.15, 0.2) is 0 Å². The number of halogens is 3. The van der Waals surface area contributed by atoms with Crippen molar-refractivity contribution in [3.8, 4) is 0 Å². The van der Waals surface area contributed by atoms with E-state index in [-0.39, 0.29) is 0 Å². The molecule has 0 bridgehead atoms. The zero-order chi connectivity index (χ0) is 9.35. The minimum Gasteiger partial charge on any atom is -0.303 e. The summed E-state index contributed by atoms with van der Waals surface area (Å²) in [5.41, 5.74) is -0.740. The smallest absolute Gasteiger partial charge is 0.303 e. The molecule has 0 radical (unpaired) electrons. The lowest BCUT2D eigenvalue weighted by Gasteiger charge is -2.10. The largest absolute Gasteiger partial charge is 0.419 e. The predicted molar refractivity (Wildman–Crippen MR) is 37.3 cm³/mol. The molecule has 1 heterocycles. The molecular formula is C6H8F3N3. The maximum Gasteiger partial charge on any atom is 0.419 e. The van der Waals surface area contributed by atoms with Gasteiger partial charge < -0.3 is 5.01 Å². The zero-order valence-electron chi connectivity index (χ0n) is 6.63. The van der Waals surface area contributed by atoms with Crippen molar-refractivity contribution in [1.29, 1.82) is 0 Å². The van der Waals surface area contributed by atoms with Gasteiger partial charge in [0.2, 0.25) is 0 Å². The summed E-state index contributed by atoms with van der Waals surface area (Å²) in [5, 5.41) is 4.94.